The normalized spacial score (nSPS) is 14.1. The highest BCUT2D eigenvalue weighted by Crippen LogP contribution is 2.36. The van der Waals surface area contributed by atoms with Crippen LogP contribution in [0.2, 0.25) is 10.0 Å². The number of carbonyl (C=O) groups excluding carboxylic acids is 1. The highest BCUT2D eigenvalue weighted by Gasteiger charge is 2.28. The van der Waals surface area contributed by atoms with Gasteiger partial charge in [-0.1, -0.05) is 53.0 Å². The van der Waals surface area contributed by atoms with Gasteiger partial charge in [0.1, 0.15) is 18.1 Å². The number of hydrogen-bond acceptors (Lipinski definition) is 3. The summed E-state index contributed by atoms with van der Waals surface area (Å²) < 4.78 is 11.7. The highest BCUT2D eigenvalue weighted by molar-refractivity contribution is 6.37. The second kappa shape index (κ2) is 7.94. The summed E-state index contributed by atoms with van der Waals surface area (Å²) in [4.78, 5) is 12.7. The van der Waals surface area contributed by atoms with Gasteiger partial charge >= 0.3 is 0 Å². The molecule has 0 radical (unpaired) electrons. The topological polar surface area (TPSA) is 35.5 Å². The number of fused-ring (bicyclic) bond motifs is 1. The molecule has 0 amide bonds. The molecule has 0 saturated carbocycles. The third-order valence-electron chi connectivity index (χ3n) is 4.82. The van der Waals surface area contributed by atoms with Crippen molar-refractivity contribution in [1.82, 2.24) is 0 Å². The molecule has 3 aromatic rings. The molecule has 3 aromatic carbocycles. The molecule has 0 bridgehead atoms. The predicted molar refractivity (Wildman–Crippen MR) is 116 cm³/mol. The summed E-state index contributed by atoms with van der Waals surface area (Å²) in [6, 6.07) is 16.7. The molecular weight excluding hydrogens is 407 g/mol. The zero-order chi connectivity index (χ0) is 20.5. The maximum atomic E-state index is 12.7. The lowest BCUT2D eigenvalue weighted by atomic mass is 10.1. The van der Waals surface area contributed by atoms with E-state index in [0.29, 0.717) is 39.3 Å². The number of allylic oxidation sites excluding steroid dienone is 1. The van der Waals surface area contributed by atoms with Gasteiger partial charge < -0.3 is 9.47 Å². The van der Waals surface area contributed by atoms with Gasteiger partial charge in [0.15, 0.2) is 5.76 Å². The van der Waals surface area contributed by atoms with E-state index in [-0.39, 0.29) is 11.5 Å². The van der Waals surface area contributed by atoms with Gasteiger partial charge in [-0.3, -0.25) is 4.79 Å². The highest BCUT2D eigenvalue weighted by atomic mass is 35.5. The molecule has 0 unspecified atom stereocenters. The summed E-state index contributed by atoms with van der Waals surface area (Å²) in [5.41, 5.74) is 4.52. The molecule has 0 fully saturated rings. The van der Waals surface area contributed by atoms with Crippen LogP contribution in [0.15, 0.2) is 60.4 Å². The molecule has 5 heteroatoms. The van der Waals surface area contributed by atoms with Crippen molar-refractivity contribution in [1.29, 1.82) is 0 Å². The Morgan fingerprint density at radius 2 is 1.76 bits per heavy atom. The smallest absolute Gasteiger partial charge is 0.231 e. The summed E-state index contributed by atoms with van der Waals surface area (Å²) in [6.45, 7) is 4.55. The van der Waals surface area contributed by atoms with Crippen LogP contribution in [-0.2, 0) is 6.61 Å². The lowest BCUT2D eigenvalue weighted by Crippen LogP contribution is -1.99. The molecule has 29 heavy (non-hydrogen) atoms. The molecule has 0 N–H and O–H groups in total. The van der Waals surface area contributed by atoms with Crippen molar-refractivity contribution in [3.63, 3.8) is 0 Å². The monoisotopic (exact) mass is 424 g/mol. The minimum absolute atomic E-state index is 0.182. The molecule has 0 aromatic heterocycles. The summed E-state index contributed by atoms with van der Waals surface area (Å²) >= 11 is 12.4. The Morgan fingerprint density at radius 1 is 1.00 bits per heavy atom. The Labute approximate surface area is 179 Å². The Hall–Kier alpha value is -2.75. The zero-order valence-electron chi connectivity index (χ0n) is 16.0. The molecule has 1 aliphatic heterocycles. The third kappa shape index (κ3) is 4.02. The Bertz CT molecular complexity index is 1130. The molecule has 146 valence electrons. The van der Waals surface area contributed by atoms with E-state index in [0.717, 1.165) is 5.56 Å². The lowest BCUT2D eigenvalue weighted by Gasteiger charge is -2.10. The summed E-state index contributed by atoms with van der Waals surface area (Å²) in [5.74, 6) is 1.07. The first-order valence-electron chi connectivity index (χ1n) is 9.13. The maximum absolute atomic E-state index is 12.7. The second-order valence-corrected chi connectivity index (χ2v) is 7.77. The van der Waals surface area contributed by atoms with Crippen LogP contribution >= 0.6 is 23.2 Å². The Morgan fingerprint density at radius 3 is 2.52 bits per heavy atom. The molecule has 0 aliphatic carbocycles. The van der Waals surface area contributed by atoms with Gasteiger partial charge in [0.05, 0.1) is 5.56 Å². The van der Waals surface area contributed by atoms with E-state index in [2.05, 4.69) is 32.0 Å². The number of ketones is 1. The summed E-state index contributed by atoms with van der Waals surface area (Å²) in [7, 11) is 0. The average Bonchev–Trinajstić information content (AvgIpc) is 3.00. The summed E-state index contributed by atoms with van der Waals surface area (Å²) in [5, 5.41) is 0.907. The fourth-order valence-electron chi connectivity index (χ4n) is 3.15. The second-order valence-electron chi connectivity index (χ2n) is 6.95. The number of rotatable bonds is 4. The van der Waals surface area contributed by atoms with Crippen molar-refractivity contribution in [2.75, 3.05) is 0 Å². The quantitative estimate of drug-likeness (QED) is 0.431. The molecular formula is C24H18Cl2O3. The van der Waals surface area contributed by atoms with Gasteiger partial charge in [0.2, 0.25) is 5.78 Å². The van der Waals surface area contributed by atoms with Crippen LogP contribution < -0.4 is 9.47 Å². The van der Waals surface area contributed by atoms with E-state index >= 15 is 0 Å². The van der Waals surface area contributed by atoms with E-state index in [1.54, 1.807) is 42.5 Å². The summed E-state index contributed by atoms with van der Waals surface area (Å²) in [6.07, 6.45) is 1.57. The van der Waals surface area contributed by atoms with Gasteiger partial charge in [-0.15, -0.1) is 0 Å². The average molecular weight is 425 g/mol. The minimum atomic E-state index is -0.211. The van der Waals surface area contributed by atoms with Crippen molar-refractivity contribution in [3.05, 3.63) is 98.2 Å². The fourth-order valence-corrected chi connectivity index (χ4v) is 3.66. The zero-order valence-corrected chi connectivity index (χ0v) is 17.5. The van der Waals surface area contributed by atoms with Crippen LogP contribution in [0.4, 0.5) is 0 Å². The van der Waals surface area contributed by atoms with Crippen molar-refractivity contribution in [3.8, 4) is 11.5 Å². The van der Waals surface area contributed by atoms with E-state index in [4.69, 9.17) is 32.7 Å². The minimum Gasteiger partial charge on any atom is -0.489 e. The van der Waals surface area contributed by atoms with E-state index in [9.17, 15) is 4.79 Å². The number of benzene rings is 3. The third-order valence-corrected chi connectivity index (χ3v) is 5.47. The van der Waals surface area contributed by atoms with Crippen molar-refractivity contribution < 1.29 is 14.3 Å². The predicted octanol–water partition coefficient (Wildman–Crippen LogP) is 6.81. The van der Waals surface area contributed by atoms with E-state index in [1.807, 2.05) is 0 Å². The van der Waals surface area contributed by atoms with Gasteiger partial charge in [-0.2, -0.15) is 0 Å². The van der Waals surface area contributed by atoms with Crippen LogP contribution in [-0.4, -0.2) is 5.78 Å². The first-order valence-corrected chi connectivity index (χ1v) is 9.89. The number of halogens is 2. The van der Waals surface area contributed by atoms with Crippen molar-refractivity contribution in [2.24, 2.45) is 0 Å². The standard InChI is InChI=1S/C24H18Cl2O3/c1-14-6-7-15(2)16(10-14)13-28-17-8-9-18-22(11-17)29-23(24(18)27)12-19-20(25)4-3-5-21(19)26/h3-12H,13H2,1-2H3/b23-12-. The van der Waals surface area contributed by atoms with E-state index in [1.165, 1.54) is 11.1 Å². The number of Topliss-reactive ketones (excluding diaryl/α,β-unsaturated/α-hetero) is 1. The van der Waals surface area contributed by atoms with Crippen LogP contribution in [0.3, 0.4) is 0 Å². The molecule has 3 nitrogen and oxygen atoms in total. The van der Waals surface area contributed by atoms with Crippen LogP contribution in [0.25, 0.3) is 6.08 Å². The first-order chi connectivity index (χ1) is 13.9. The van der Waals surface area contributed by atoms with Gasteiger partial charge in [0, 0.05) is 21.7 Å². The largest absolute Gasteiger partial charge is 0.489 e. The fraction of sp³-hybridized carbons (Fsp3) is 0.125. The van der Waals surface area contributed by atoms with Crippen molar-refractivity contribution in [2.45, 2.75) is 20.5 Å². The number of ether oxygens (including phenoxy) is 2. The Balaban J connectivity index is 1.56. The molecule has 4 rings (SSSR count). The Kier molecular flexibility index (Phi) is 5.35. The molecule has 0 atom stereocenters. The molecule has 0 saturated heterocycles. The van der Waals surface area contributed by atoms with Gasteiger partial charge in [0.25, 0.3) is 0 Å². The van der Waals surface area contributed by atoms with Crippen LogP contribution in [0.1, 0.15) is 32.6 Å². The first kappa shape index (κ1) is 19.6. The number of carbonyl (C=O) groups is 1. The van der Waals surface area contributed by atoms with Crippen LogP contribution in [0, 0.1) is 13.8 Å². The SMILES string of the molecule is Cc1ccc(C)c(COc2ccc3c(c2)O/C(=C\c2c(Cl)cccc2Cl)C3=O)c1. The number of aryl methyl sites for hydroxylation is 2. The molecule has 1 heterocycles. The lowest BCUT2D eigenvalue weighted by molar-refractivity contribution is 0.101. The maximum Gasteiger partial charge on any atom is 0.231 e. The molecule has 0 spiro atoms. The molecule has 1 aliphatic rings. The van der Waals surface area contributed by atoms with Gasteiger partial charge in [-0.05, 0) is 55.3 Å². The van der Waals surface area contributed by atoms with Gasteiger partial charge in [-0.25, -0.2) is 0 Å². The van der Waals surface area contributed by atoms with E-state index < -0.39 is 0 Å². The number of hydrogen-bond donors (Lipinski definition) is 0. The van der Waals surface area contributed by atoms with Crippen LogP contribution in [0.5, 0.6) is 11.5 Å². The van der Waals surface area contributed by atoms with Crippen molar-refractivity contribution >= 4 is 35.1 Å².